The smallest absolute Gasteiger partial charge is 0.164 e. The van der Waals surface area contributed by atoms with Crippen molar-refractivity contribution in [2.24, 2.45) is 0 Å². The molecule has 0 saturated heterocycles. The fourth-order valence-electron chi connectivity index (χ4n) is 7.48. The van der Waals surface area contributed by atoms with Crippen LogP contribution in [-0.2, 0) is 0 Å². The van der Waals surface area contributed by atoms with Crippen molar-refractivity contribution < 1.29 is 0 Å². The van der Waals surface area contributed by atoms with Crippen molar-refractivity contribution >= 4 is 43.1 Å². The van der Waals surface area contributed by atoms with E-state index in [0.29, 0.717) is 17.5 Å². The van der Waals surface area contributed by atoms with Crippen molar-refractivity contribution in [3.05, 3.63) is 188 Å². The topological polar surface area (TPSA) is 38.7 Å². The molecule has 0 bridgehead atoms. The molecular formula is C49H31N3. The van der Waals surface area contributed by atoms with E-state index >= 15 is 0 Å². The van der Waals surface area contributed by atoms with Gasteiger partial charge in [-0.3, -0.25) is 0 Å². The maximum atomic E-state index is 5.19. The highest BCUT2D eigenvalue weighted by Crippen LogP contribution is 2.36. The van der Waals surface area contributed by atoms with Crippen molar-refractivity contribution in [3.8, 4) is 56.4 Å². The zero-order chi connectivity index (χ0) is 34.4. The molecule has 10 aromatic rings. The van der Waals surface area contributed by atoms with Gasteiger partial charge in [0, 0.05) is 16.7 Å². The third-order valence-electron chi connectivity index (χ3n) is 10.1. The molecule has 0 radical (unpaired) electrons. The molecule has 0 atom stereocenters. The van der Waals surface area contributed by atoms with Crippen LogP contribution in [0.2, 0.25) is 0 Å². The molecule has 0 unspecified atom stereocenters. The minimum absolute atomic E-state index is 0.644. The Hall–Kier alpha value is -6.97. The highest BCUT2D eigenvalue weighted by Gasteiger charge is 2.17. The Labute approximate surface area is 301 Å². The molecule has 242 valence electrons. The van der Waals surface area contributed by atoms with E-state index in [0.717, 1.165) is 43.6 Å². The first-order valence-corrected chi connectivity index (χ1v) is 17.6. The van der Waals surface area contributed by atoms with Crippen LogP contribution < -0.4 is 0 Å². The van der Waals surface area contributed by atoms with Gasteiger partial charge in [-0.1, -0.05) is 170 Å². The fraction of sp³-hybridized carbons (Fsp3) is 0. The Morgan fingerprint density at radius 3 is 1.38 bits per heavy atom. The van der Waals surface area contributed by atoms with E-state index in [4.69, 9.17) is 15.0 Å². The summed E-state index contributed by atoms with van der Waals surface area (Å²) in [5.41, 5.74) is 7.70. The van der Waals surface area contributed by atoms with Crippen LogP contribution in [0.5, 0.6) is 0 Å². The van der Waals surface area contributed by atoms with Crippen molar-refractivity contribution in [1.29, 1.82) is 0 Å². The minimum atomic E-state index is 0.644. The number of benzene rings is 9. The number of hydrogen-bond donors (Lipinski definition) is 0. The van der Waals surface area contributed by atoms with E-state index in [2.05, 4.69) is 182 Å². The van der Waals surface area contributed by atoms with E-state index in [1.165, 1.54) is 38.4 Å². The zero-order valence-corrected chi connectivity index (χ0v) is 28.2. The summed E-state index contributed by atoms with van der Waals surface area (Å²) in [5, 5.41) is 9.29. The summed E-state index contributed by atoms with van der Waals surface area (Å²) in [7, 11) is 0. The van der Waals surface area contributed by atoms with Crippen LogP contribution in [0.1, 0.15) is 0 Å². The molecule has 52 heavy (non-hydrogen) atoms. The average molecular weight is 662 g/mol. The Morgan fingerprint density at radius 2 is 0.692 bits per heavy atom. The Bertz CT molecular complexity index is 2960. The van der Waals surface area contributed by atoms with Crippen LogP contribution >= 0.6 is 0 Å². The lowest BCUT2D eigenvalue weighted by Crippen LogP contribution is -2.01. The van der Waals surface area contributed by atoms with Crippen molar-refractivity contribution in [2.75, 3.05) is 0 Å². The molecule has 0 aliphatic heterocycles. The highest BCUT2D eigenvalue weighted by molar-refractivity contribution is 6.01. The summed E-state index contributed by atoms with van der Waals surface area (Å²) in [4.78, 5) is 15.6. The summed E-state index contributed by atoms with van der Waals surface area (Å²) in [5.74, 6) is 1.95. The van der Waals surface area contributed by atoms with Crippen LogP contribution in [-0.4, -0.2) is 15.0 Å². The molecule has 0 N–H and O–H groups in total. The lowest BCUT2D eigenvalue weighted by atomic mass is 9.95. The van der Waals surface area contributed by atoms with Crippen molar-refractivity contribution in [3.63, 3.8) is 0 Å². The van der Waals surface area contributed by atoms with Gasteiger partial charge in [-0.05, 0) is 83.5 Å². The molecule has 0 aliphatic rings. The zero-order valence-electron chi connectivity index (χ0n) is 28.2. The monoisotopic (exact) mass is 661 g/mol. The van der Waals surface area contributed by atoms with E-state index in [9.17, 15) is 0 Å². The van der Waals surface area contributed by atoms with Gasteiger partial charge in [0.25, 0.3) is 0 Å². The number of hydrogen-bond acceptors (Lipinski definition) is 3. The molecule has 9 aromatic carbocycles. The van der Waals surface area contributed by atoms with Gasteiger partial charge in [0.1, 0.15) is 0 Å². The molecule has 1 heterocycles. The summed E-state index contributed by atoms with van der Waals surface area (Å²) in [6.45, 7) is 0. The maximum Gasteiger partial charge on any atom is 0.164 e. The van der Waals surface area contributed by atoms with E-state index in [-0.39, 0.29) is 0 Å². The predicted octanol–water partition coefficient (Wildman–Crippen LogP) is 12.8. The number of aromatic nitrogens is 3. The molecule has 0 fully saturated rings. The molecule has 0 amide bonds. The second-order valence-corrected chi connectivity index (χ2v) is 13.2. The standard InChI is InChI=1S/C49H31N3/c1-2-11-32(12-3-1)35-27-28-44-38(29-35)17-10-22-46(44)49-51-47(50-48(52-49)45-21-9-16-34-14-5-7-19-42(34)45)40-26-24-36-30-39(25-23-37(36)31-40)43-20-8-15-33-13-4-6-18-41(33)43/h1-31H. The fourth-order valence-corrected chi connectivity index (χ4v) is 7.48. The SMILES string of the molecule is c1ccc(-c2ccc3c(-c4nc(-c5ccc6cc(-c7cccc8ccccc78)ccc6c5)nc(-c5cccc6ccccc56)n4)cccc3c2)cc1. The molecule has 0 spiro atoms. The molecule has 10 rings (SSSR count). The molecular weight excluding hydrogens is 631 g/mol. The van der Waals surface area contributed by atoms with Crippen molar-refractivity contribution in [2.45, 2.75) is 0 Å². The van der Waals surface area contributed by atoms with E-state index < -0.39 is 0 Å². The second-order valence-electron chi connectivity index (χ2n) is 13.2. The lowest BCUT2D eigenvalue weighted by Gasteiger charge is -2.13. The first-order valence-electron chi connectivity index (χ1n) is 17.6. The van der Waals surface area contributed by atoms with Gasteiger partial charge in [-0.15, -0.1) is 0 Å². The first kappa shape index (κ1) is 29.9. The molecule has 0 aliphatic carbocycles. The molecule has 3 nitrogen and oxygen atoms in total. The maximum absolute atomic E-state index is 5.19. The molecule has 3 heteroatoms. The third-order valence-corrected chi connectivity index (χ3v) is 10.1. The van der Waals surface area contributed by atoms with Crippen LogP contribution in [0.4, 0.5) is 0 Å². The Balaban J connectivity index is 1.13. The van der Waals surface area contributed by atoms with Crippen LogP contribution in [0.25, 0.3) is 99.5 Å². The Morgan fingerprint density at radius 1 is 0.231 bits per heavy atom. The quantitative estimate of drug-likeness (QED) is 0.184. The molecule has 1 aromatic heterocycles. The van der Waals surface area contributed by atoms with Gasteiger partial charge in [-0.2, -0.15) is 0 Å². The van der Waals surface area contributed by atoms with Crippen LogP contribution in [0.15, 0.2) is 188 Å². The summed E-state index contributed by atoms with van der Waals surface area (Å²) in [6, 6.07) is 66.5. The lowest BCUT2D eigenvalue weighted by molar-refractivity contribution is 1.08. The van der Waals surface area contributed by atoms with E-state index in [1.54, 1.807) is 0 Å². The summed E-state index contributed by atoms with van der Waals surface area (Å²) < 4.78 is 0. The van der Waals surface area contributed by atoms with Gasteiger partial charge < -0.3 is 0 Å². The normalized spacial score (nSPS) is 11.5. The average Bonchev–Trinajstić information content (AvgIpc) is 3.22. The number of fused-ring (bicyclic) bond motifs is 4. The first-order chi connectivity index (χ1) is 25.7. The third kappa shape index (κ3) is 5.28. The number of rotatable bonds is 5. The van der Waals surface area contributed by atoms with E-state index in [1.807, 2.05) is 6.07 Å². The number of nitrogens with zero attached hydrogens (tertiary/aromatic N) is 3. The molecule has 0 saturated carbocycles. The minimum Gasteiger partial charge on any atom is -0.208 e. The highest BCUT2D eigenvalue weighted by atomic mass is 15.0. The van der Waals surface area contributed by atoms with Crippen LogP contribution in [0, 0.1) is 0 Å². The van der Waals surface area contributed by atoms with Gasteiger partial charge in [0.05, 0.1) is 0 Å². The summed E-state index contributed by atoms with van der Waals surface area (Å²) in [6.07, 6.45) is 0. The van der Waals surface area contributed by atoms with Gasteiger partial charge in [-0.25, -0.2) is 15.0 Å². The van der Waals surface area contributed by atoms with Gasteiger partial charge >= 0.3 is 0 Å². The van der Waals surface area contributed by atoms with Crippen molar-refractivity contribution in [1.82, 2.24) is 15.0 Å². The predicted molar refractivity (Wildman–Crippen MR) is 217 cm³/mol. The van der Waals surface area contributed by atoms with Gasteiger partial charge in [0.15, 0.2) is 17.5 Å². The summed E-state index contributed by atoms with van der Waals surface area (Å²) >= 11 is 0. The Kier molecular flexibility index (Phi) is 7.14. The van der Waals surface area contributed by atoms with Gasteiger partial charge in [0.2, 0.25) is 0 Å². The largest absolute Gasteiger partial charge is 0.208 e. The second kappa shape index (κ2) is 12.4. The van der Waals surface area contributed by atoms with Crippen LogP contribution in [0.3, 0.4) is 0 Å².